The third-order valence-electron chi connectivity index (χ3n) is 4.69. The molecular weight excluding hydrogens is 328 g/mol. The van der Waals surface area contributed by atoms with E-state index in [0.717, 1.165) is 25.7 Å². The lowest BCUT2D eigenvalue weighted by atomic mass is 10.1. The fraction of sp³-hybridized carbons (Fsp3) is 0.636. The van der Waals surface area contributed by atoms with Crippen LogP contribution < -0.4 is 0 Å². The first-order valence-corrected chi connectivity index (χ1v) is 10.1. The molecule has 0 bridgehead atoms. The minimum absolute atomic E-state index is 0.337. The summed E-state index contributed by atoms with van der Waals surface area (Å²) in [7, 11) is 0. The van der Waals surface area contributed by atoms with E-state index in [-0.39, 0.29) is 11.9 Å². The van der Waals surface area contributed by atoms with Gasteiger partial charge in [0.05, 0.1) is 24.3 Å². The van der Waals surface area contributed by atoms with Crippen molar-refractivity contribution in [1.29, 1.82) is 0 Å². The molecule has 0 saturated heterocycles. The van der Waals surface area contributed by atoms with Gasteiger partial charge in [0.1, 0.15) is 0 Å². The van der Waals surface area contributed by atoms with Crippen LogP contribution in [0.25, 0.3) is 0 Å². The Morgan fingerprint density at radius 1 is 0.769 bits per heavy atom. The second-order valence-corrected chi connectivity index (χ2v) is 6.76. The lowest BCUT2D eigenvalue weighted by Crippen LogP contribution is -2.13. The molecule has 0 atom stereocenters. The second-order valence-electron chi connectivity index (χ2n) is 6.76. The van der Waals surface area contributed by atoms with E-state index in [0.29, 0.717) is 30.3 Å². The summed E-state index contributed by atoms with van der Waals surface area (Å²) in [6.45, 7) is 7.26. The van der Waals surface area contributed by atoms with Crippen LogP contribution >= 0.6 is 0 Å². The highest BCUT2D eigenvalue weighted by molar-refractivity contribution is 5.93. The highest BCUT2D eigenvalue weighted by Gasteiger charge is 2.12. The molecule has 0 saturated carbocycles. The predicted octanol–water partition coefficient (Wildman–Crippen LogP) is 5.80. The maximum Gasteiger partial charge on any atom is 0.338 e. The van der Waals surface area contributed by atoms with E-state index in [9.17, 15) is 9.59 Å². The molecule has 1 rings (SSSR count). The van der Waals surface area contributed by atoms with Crippen molar-refractivity contribution in [2.24, 2.45) is 5.92 Å². The molecule has 0 radical (unpaired) electrons. The predicted molar refractivity (Wildman–Crippen MR) is 104 cm³/mol. The zero-order valence-electron chi connectivity index (χ0n) is 16.6. The van der Waals surface area contributed by atoms with E-state index in [1.807, 2.05) is 0 Å². The van der Waals surface area contributed by atoms with Gasteiger partial charge in [-0.15, -0.1) is 0 Å². The number of esters is 2. The summed E-state index contributed by atoms with van der Waals surface area (Å²) < 4.78 is 10.6. The van der Waals surface area contributed by atoms with Crippen molar-refractivity contribution in [3.05, 3.63) is 35.4 Å². The van der Waals surface area contributed by atoms with Crippen LogP contribution in [-0.4, -0.2) is 25.2 Å². The van der Waals surface area contributed by atoms with Crippen LogP contribution in [0.3, 0.4) is 0 Å². The number of carbonyl (C=O) groups is 2. The van der Waals surface area contributed by atoms with Crippen LogP contribution in [-0.2, 0) is 9.47 Å². The standard InChI is InChI=1S/C22H34O4/c1-4-7-8-9-10-11-16-25-21(23)19-12-14-20(15-13-19)22(24)26-17-18(5-2)6-3/h12-15,18H,4-11,16-17H2,1-3H3. The first-order chi connectivity index (χ1) is 12.6. The minimum Gasteiger partial charge on any atom is -0.462 e. The van der Waals surface area contributed by atoms with Crippen molar-refractivity contribution in [2.45, 2.75) is 72.1 Å². The number of ether oxygens (including phenoxy) is 2. The summed E-state index contributed by atoms with van der Waals surface area (Å²) >= 11 is 0. The Bertz CT molecular complexity index is 517. The molecule has 0 aromatic heterocycles. The van der Waals surface area contributed by atoms with Gasteiger partial charge >= 0.3 is 11.9 Å². The van der Waals surface area contributed by atoms with Crippen LogP contribution in [0.4, 0.5) is 0 Å². The fourth-order valence-corrected chi connectivity index (χ4v) is 2.67. The molecule has 0 aliphatic rings. The zero-order valence-corrected chi connectivity index (χ0v) is 16.6. The lowest BCUT2D eigenvalue weighted by molar-refractivity contribution is 0.0430. The summed E-state index contributed by atoms with van der Waals surface area (Å²) in [6.07, 6.45) is 8.92. The molecule has 0 aliphatic heterocycles. The normalized spacial score (nSPS) is 10.8. The van der Waals surface area contributed by atoms with Crippen molar-refractivity contribution in [1.82, 2.24) is 0 Å². The quantitative estimate of drug-likeness (QED) is 0.329. The molecule has 4 heteroatoms. The Labute approximate surface area is 158 Å². The van der Waals surface area contributed by atoms with Crippen molar-refractivity contribution in [2.75, 3.05) is 13.2 Å². The molecular formula is C22H34O4. The smallest absolute Gasteiger partial charge is 0.338 e. The largest absolute Gasteiger partial charge is 0.462 e. The van der Waals surface area contributed by atoms with Crippen molar-refractivity contribution in [3.8, 4) is 0 Å². The maximum atomic E-state index is 12.0. The van der Waals surface area contributed by atoms with E-state index in [1.54, 1.807) is 24.3 Å². The number of carbonyl (C=O) groups excluding carboxylic acids is 2. The Balaban J connectivity index is 2.34. The average Bonchev–Trinajstić information content (AvgIpc) is 2.67. The Morgan fingerprint density at radius 3 is 1.81 bits per heavy atom. The summed E-state index contributed by atoms with van der Waals surface area (Å²) in [5.74, 6) is -0.283. The SMILES string of the molecule is CCCCCCCCOC(=O)c1ccc(C(=O)OCC(CC)CC)cc1. The Kier molecular flexibility index (Phi) is 11.4. The molecule has 26 heavy (non-hydrogen) atoms. The third-order valence-corrected chi connectivity index (χ3v) is 4.69. The van der Waals surface area contributed by atoms with Crippen LogP contribution in [0.15, 0.2) is 24.3 Å². The highest BCUT2D eigenvalue weighted by atomic mass is 16.5. The molecule has 0 aliphatic carbocycles. The molecule has 0 unspecified atom stereocenters. The van der Waals surface area contributed by atoms with Gasteiger partial charge in [-0.05, 0) is 36.6 Å². The van der Waals surface area contributed by atoms with Crippen LogP contribution in [0, 0.1) is 5.92 Å². The summed E-state index contributed by atoms with van der Waals surface area (Å²) in [5, 5.41) is 0. The Hall–Kier alpha value is -1.84. The van der Waals surface area contributed by atoms with E-state index >= 15 is 0 Å². The molecule has 4 nitrogen and oxygen atoms in total. The van der Waals surface area contributed by atoms with Gasteiger partial charge < -0.3 is 9.47 Å². The zero-order chi connectivity index (χ0) is 19.2. The average molecular weight is 363 g/mol. The van der Waals surface area contributed by atoms with E-state index in [1.165, 1.54) is 25.7 Å². The van der Waals surface area contributed by atoms with Crippen LogP contribution in [0.5, 0.6) is 0 Å². The monoisotopic (exact) mass is 362 g/mol. The summed E-state index contributed by atoms with van der Waals surface area (Å²) in [4.78, 5) is 24.1. The van der Waals surface area contributed by atoms with Crippen molar-refractivity contribution in [3.63, 3.8) is 0 Å². The van der Waals surface area contributed by atoms with Gasteiger partial charge in [-0.1, -0.05) is 65.7 Å². The summed E-state index contributed by atoms with van der Waals surface area (Å²) in [6, 6.07) is 6.49. The van der Waals surface area contributed by atoms with Gasteiger partial charge in [0.2, 0.25) is 0 Å². The molecule has 1 aromatic rings. The van der Waals surface area contributed by atoms with Gasteiger partial charge in [0.15, 0.2) is 0 Å². The molecule has 0 amide bonds. The summed E-state index contributed by atoms with van der Waals surface area (Å²) in [5.41, 5.74) is 0.927. The third kappa shape index (κ3) is 8.50. The van der Waals surface area contributed by atoms with Gasteiger partial charge in [-0.2, -0.15) is 0 Å². The molecule has 0 spiro atoms. The topological polar surface area (TPSA) is 52.6 Å². The number of hydrogen-bond donors (Lipinski definition) is 0. The Morgan fingerprint density at radius 2 is 1.27 bits per heavy atom. The number of rotatable bonds is 13. The lowest BCUT2D eigenvalue weighted by Gasteiger charge is -2.12. The number of hydrogen-bond acceptors (Lipinski definition) is 4. The van der Waals surface area contributed by atoms with Crippen molar-refractivity contribution >= 4 is 11.9 Å². The van der Waals surface area contributed by atoms with Crippen molar-refractivity contribution < 1.29 is 19.1 Å². The highest BCUT2D eigenvalue weighted by Crippen LogP contribution is 2.12. The fourth-order valence-electron chi connectivity index (χ4n) is 2.67. The van der Waals surface area contributed by atoms with E-state index < -0.39 is 0 Å². The van der Waals surface area contributed by atoms with E-state index in [2.05, 4.69) is 20.8 Å². The maximum absolute atomic E-state index is 12.0. The van der Waals surface area contributed by atoms with Crippen LogP contribution in [0.2, 0.25) is 0 Å². The van der Waals surface area contributed by atoms with Gasteiger partial charge in [0.25, 0.3) is 0 Å². The molecule has 0 heterocycles. The first kappa shape index (κ1) is 22.2. The molecule has 1 aromatic carbocycles. The number of benzene rings is 1. The second kappa shape index (κ2) is 13.4. The molecule has 0 N–H and O–H groups in total. The van der Waals surface area contributed by atoms with Gasteiger partial charge in [-0.25, -0.2) is 9.59 Å². The minimum atomic E-state index is -0.344. The van der Waals surface area contributed by atoms with Gasteiger partial charge in [-0.3, -0.25) is 0 Å². The number of unbranched alkanes of at least 4 members (excludes halogenated alkanes) is 5. The first-order valence-electron chi connectivity index (χ1n) is 10.1. The molecule has 0 fully saturated rings. The van der Waals surface area contributed by atoms with E-state index in [4.69, 9.17) is 9.47 Å². The van der Waals surface area contributed by atoms with Gasteiger partial charge in [0, 0.05) is 0 Å². The van der Waals surface area contributed by atoms with Crippen LogP contribution in [0.1, 0.15) is 92.9 Å². The molecule has 146 valence electrons.